The molecule has 1 atom stereocenters. The van der Waals surface area contributed by atoms with Crippen molar-refractivity contribution in [3.63, 3.8) is 0 Å². The summed E-state index contributed by atoms with van der Waals surface area (Å²) in [6, 6.07) is 1.82. The highest BCUT2D eigenvalue weighted by atomic mass is 32.1. The van der Waals surface area contributed by atoms with E-state index in [0.717, 1.165) is 29.4 Å². The van der Waals surface area contributed by atoms with E-state index >= 15 is 0 Å². The van der Waals surface area contributed by atoms with E-state index in [1.165, 1.54) is 23.3 Å². The molecule has 0 unspecified atom stereocenters. The summed E-state index contributed by atoms with van der Waals surface area (Å²) < 4.78 is 6.00. The summed E-state index contributed by atoms with van der Waals surface area (Å²) in [4.78, 5) is 51.4. The van der Waals surface area contributed by atoms with Crippen LogP contribution in [-0.2, 0) is 24.6 Å². The van der Waals surface area contributed by atoms with Crippen molar-refractivity contribution in [2.45, 2.75) is 26.2 Å². The molecular formula is C17H19N3O5S. The van der Waals surface area contributed by atoms with E-state index in [-0.39, 0.29) is 11.4 Å². The topological polar surface area (TPSA) is 124 Å². The van der Waals surface area contributed by atoms with Crippen molar-refractivity contribution < 1.29 is 14.3 Å². The first-order valence-corrected chi connectivity index (χ1v) is 9.00. The second-order valence-corrected chi connectivity index (χ2v) is 7.62. The van der Waals surface area contributed by atoms with E-state index < -0.39 is 29.6 Å². The van der Waals surface area contributed by atoms with E-state index in [0.29, 0.717) is 10.8 Å². The van der Waals surface area contributed by atoms with Gasteiger partial charge in [-0.2, -0.15) is 0 Å². The Kier molecular flexibility index (Phi) is 4.82. The minimum atomic E-state index is -0.896. The highest BCUT2D eigenvalue weighted by Gasteiger charge is 2.23. The maximum atomic E-state index is 12.2. The molecule has 0 saturated heterocycles. The Morgan fingerprint density at radius 3 is 2.88 bits per heavy atom. The first-order valence-electron chi connectivity index (χ1n) is 8.18. The Morgan fingerprint density at radius 1 is 1.42 bits per heavy atom. The van der Waals surface area contributed by atoms with E-state index in [4.69, 9.17) is 10.5 Å². The van der Waals surface area contributed by atoms with Gasteiger partial charge in [0.2, 0.25) is 5.78 Å². The van der Waals surface area contributed by atoms with Crippen LogP contribution in [0.2, 0.25) is 0 Å². The molecular weight excluding hydrogens is 358 g/mol. The Bertz CT molecular complexity index is 1000. The molecule has 0 fully saturated rings. The van der Waals surface area contributed by atoms with Crippen LogP contribution in [-0.4, -0.2) is 27.9 Å². The number of H-pyrrole nitrogens is 1. The fourth-order valence-corrected chi connectivity index (χ4v) is 4.09. The van der Waals surface area contributed by atoms with Gasteiger partial charge in [-0.05, 0) is 36.8 Å². The van der Waals surface area contributed by atoms with Gasteiger partial charge >= 0.3 is 11.7 Å². The highest BCUT2D eigenvalue weighted by molar-refractivity contribution is 7.14. The Morgan fingerprint density at radius 2 is 2.15 bits per heavy atom. The van der Waals surface area contributed by atoms with Gasteiger partial charge in [0, 0.05) is 11.9 Å². The van der Waals surface area contributed by atoms with Crippen LogP contribution in [0, 0.1) is 5.92 Å². The number of aryl methyl sites for hydroxylation is 1. The molecule has 26 heavy (non-hydrogen) atoms. The summed E-state index contributed by atoms with van der Waals surface area (Å²) in [5.41, 5.74) is 4.82. The number of ether oxygens (including phenoxy) is 1. The minimum Gasteiger partial charge on any atom is -0.453 e. The molecule has 3 rings (SSSR count). The number of thiophene rings is 1. The van der Waals surface area contributed by atoms with Crippen LogP contribution in [0.4, 0.5) is 5.82 Å². The fourth-order valence-electron chi connectivity index (χ4n) is 2.99. The van der Waals surface area contributed by atoms with Crippen LogP contribution in [0.3, 0.4) is 0 Å². The number of hydrogen-bond acceptors (Lipinski definition) is 7. The van der Waals surface area contributed by atoms with Crippen molar-refractivity contribution in [3.05, 3.63) is 47.8 Å². The predicted octanol–water partition coefficient (Wildman–Crippen LogP) is 0.882. The second kappa shape index (κ2) is 6.91. The van der Waals surface area contributed by atoms with E-state index in [9.17, 15) is 19.2 Å². The van der Waals surface area contributed by atoms with Crippen molar-refractivity contribution in [2.24, 2.45) is 13.0 Å². The third-order valence-corrected chi connectivity index (χ3v) is 5.73. The van der Waals surface area contributed by atoms with Crippen molar-refractivity contribution in [1.29, 1.82) is 0 Å². The number of carbonyl (C=O) groups excluding carboxylic acids is 2. The Balaban J connectivity index is 1.73. The number of nitrogens with zero attached hydrogens (tertiary/aromatic N) is 1. The maximum absolute atomic E-state index is 12.2. The molecule has 0 bridgehead atoms. The number of nitrogen functional groups attached to an aromatic ring is 1. The number of hydrogen-bond donors (Lipinski definition) is 2. The number of esters is 1. The summed E-state index contributed by atoms with van der Waals surface area (Å²) in [5.74, 6) is -1.05. The molecule has 2 heterocycles. The summed E-state index contributed by atoms with van der Waals surface area (Å²) >= 11 is 1.38. The fraction of sp³-hybridized carbons (Fsp3) is 0.412. The van der Waals surface area contributed by atoms with Crippen molar-refractivity contribution in [1.82, 2.24) is 9.55 Å². The average Bonchev–Trinajstić information content (AvgIpc) is 3.00. The normalized spacial score (nSPS) is 16.2. The zero-order chi connectivity index (χ0) is 19.0. The van der Waals surface area contributed by atoms with Gasteiger partial charge in [-0.1, -0.05) is 6.92 Å². The van der Waals surface area contributed by atoms with E-state index in [1.54, 1.807) is 0 Å². The van der Waals surface area contributed by atoms with Gasteiger partial charge in [-0.15, -0.1) is 11.3 Å². The first-order chi connectivity index (χ1) is 12.3. The maximum Gasteiger partial charge on any atom is 0.348 e. The van der Waals surface area contributed by atoms with Crippen molar-refractivity contribution >= 4 is 28.9 Å². The number of carbonyl (C=O) groups is 2. The molecule has 9 heteroatoms. The summed E-state index contributed by atoms with van der Waals surface area (Å²) in [5, 5.41) is 0. The van der Waals surface area contributed by atoms with Crippen LogP contribution in [0.5, 0.6) is 0 Å². The van der Waals surface area contributed by atoms with Gasteiger partial charge in [0.1, 0.15) is 16.3 Å². The average molecular weight is 377 g/mol. The van der Waals surface area contributed by atoms with Crippen molar-refractivity contribution in [2.75, 3.05) is 12.3 Å². The highest BCUT2D eigenvalue weighted by Crippen LogP contribution is 2.32. The van der Waals surface area contributed by atoms with Gasteiger partial charge in [-0.25, -0.2) is 9.59 Å². The Labute approximate surface area is 152 Å². The van der Waals surface area contributed by atoms with E-state index in [1.807, 2.05) is 11.1 Å². The molecule has 1 aliphatic rings. The molecule has 0 radical (unpaired) electrons. The molecule has 8 nitrogen and oxygen atoms in total. The summed E-state index contributed by atoms with van der Waals surface area (Å²) in [6.07, 6.45) is 2.97. The largest absolute Gasteiger partial charge is 0.453 e. The number of ketones is 1. The number of nitrogens with two attached hydrogens (primary N) is 1. The molecule has 2 aromatic heterocycles. The number of aromatic amines is 1. The number of aromatic nitrogens is 2. The summed E-state index contributed by atoms with van der Waals surface area (Å²) in [7, 11) is 1.33. The number of nitrogens with one attached hydrogen (secondary N) is 1. The van der Waals surface area contributed by atoms with Crippen LogP contribution in [0.25, 0.3) is 0 Å². The van der Waals surface area contributed by atoms with Crippen LogP contribution >= 0.6 is 11.3 Å². The van der Waals surface area contributed by atoms with Crippen LogP contribution in [0.15, 0.2) is 15.7 Å². The molecule has 0 aromatic carbocycles. The van der Waals surface area contributed by atoms with E-state index in [2.05, 4.69) is 6.92 Å². The van der Waals surface area contributed by atoms with Crippen LogP contribution < -0.4 is 17.0 Å². The zero-order valence-corrected chi connectivity index (χ0v) is 15.3. The molecule has 138 valence electrons. The molecule has 0 spiro atoms. The molecule has 0 aliphatic heterocycles. The van der Waals surface area contributed by atoms with Gasteiger partial charge in [0.05, 0.1) is 0 Å². The molecule has 0 saturated carbocycles. The van der Waals surface area contributed by atoms with Crippen molar-refractivity contribution in [3.8, 4) is 0 Å². The number of anilines is 1. The third kappa shape index (κ3) is 3.34. The smallest absolute Gasteiger partial charge is 0.348 e. The SMILES string of the molecule is C[C@@H]1CCc2sc(C(=O)OCC(=O)c3c(N)n(C)c(=O)[nH]c3=O)cc2C1. The van der Waals surface area contributed by atoms with Gasteiger partial charge < -0.3 is 10.5 Å². The number of fused-ring (bicyclic) bond motifs is 1. The van der Waals surface area contributed by atoms with Gasteiger partial charge in [0.25, 0.3) is 5.56 Å². The monoisotopic (exact) mass is 377 g/mol. The summed E-state index contributed by atoms with van der Waals surface area (Å²) in [6.45, 7) is 1.55. The molecule has 1 aliphatic carbocycles. The zero-order valence-electron chi connectivity index (χ0n) is 14.5. The minimum absolute atomic E-state index is 0.264. The molecule has 3 N–H and O–H groups in total. The quantitative estimate of drug-likeness (QED) is 0.602. The predicted molar refractivity (Wildman–Crippen MR) is 96.8 cm³/mol. The molecule has 0 amide bonds. The van der Waals surface area contributed by atoms with Gasteiger partial charge in [-0.3, -0.25) is 19.1 Å². The lowest BCUT2D eigenvalue weighted by Crippen LogP contribution is -2.35. The first kappa shape index (κ1) is 18.1. The van der Waals surface area contributed by atoms with Gasteiger partial charge in [0.15, 0.2) is 6.61 Å². The lowest BCUT2D eigenvalue weighted by Gasteiger charge is -2.16. The standard InChI is InChI=1S/C17H19N3O5S/c1-8-3-4-11-9(5-8)6-12(26-11)16(23)25-7-10(21)13-14(18)20(2)17(24)19-15(13)22/h6,8H,3-5,7,18H2,1-2H3,(H,19,22,24)/t8-/m1/s1. The second-order valence-electron chi connectivity index (χ2n) is 6.48. The number of Topliss-reactive ketones (excluding diaryl/α,β-unsaturated/α-hetero) is 1. The Hall–Kier alpha value is -2.68. The lowest BCUT2D eigenvalue weighted by molar-refractivity contribution is 0.0479. The third-order valence-electron chi connectivity index (χ3n) is 4.51. The van der Waals surface area contributed by atoms with Crippen LogP contribution in [0.1, 0.15) is 43.8 Å². The lowest BCUT2D eigenvalue weighted by atomic mass is 9.90. The number of rotatable bonds is 4. The molecule has 2 aromatic rings.